The van der Waals surface area contributed by atoms with E-state index in [4.69, 9.17) is 4.74 Å². The van der Waals surface area contributed by atoms with Crippen molar-refractivity contribution in [3.63, 3.8) is 0 Å². The van der Waals surface area contributed by atoms with Crippen molar-refractivity contribution < 1.29 is 13.9 Å². The first-order valence-electron chi connectivity index (χ1n) is 6.97. The number of nitrogens with one attached hydrogen (secondary N) is 1. The summed E-state index contributed by atoms with van der Waals surface area (Å²) >= 11 is 0. The molecule has 0 saturated carbocycles. The normalized spacial score (nSPS) is 12.1. The molecule has 0 saturated heterocycles. The highest BCUT2D eigenvalue weighted by atomic mass is 19.1. The van der Waals surface area contributed by atoms with Crippen LogP contribution in [-0.2, 0) is 4.79 Å². The molecule has 1 atom stereocenters. The Morgan fingerprint density at radius 3 is 2.55 bits per heavy atom. The fraction of sp³-hybridized carbons (Fsp3) is 0.167. The lowest BCUT2D eigenvalue weighted by molar-refractivity contribution is -0.117. The standard InChI is InChI=1S/C18H18FNO2/c1-13(14-7-10-16(19)11-8-14)20-18(21)12-9-15-5-3-4-6-17(15)22-2/h3-13H,1-2H3,(H,20,21)/b12-9+/t13-/m1/s1. The van der Waals surface area contributed by atoms with Crippen LogP contribution in [0.3, 0.4) is 0 Å². The molecule has 114 valence electrons. The Hall–Kier alpha value is -2.62. The van der Waals surface area contributed by atoms with Gasteiger partial charge in [-0.05, 0) is 36.8 Å². The Kier molecular flexibility index (Phi) is 5.31. The summed E-state index contributed by atoms with van der Waals surface area (Å²) in [7, 11) is 1.59. The van der Waals surface area contributed by atoms with Gasteiger partial charge >= 0.3 is 0 Å². The van der Waals surface area contributed by atoms with Crippen LogP contribution in [0.15, 0.2) is 54.6 Å². The highest BCUT2D eigenvalue weighted by Crippen LogP contribution is 2.18. The number of hydrogen-bond acceptors (Lipinski definition) is 2. The van der Waals surface area contributed by atoms with Gasteiger partial charge in [-0.1, -0.05) is 30.3 Å². The molecule has 0 aliphatic heterocycles. The van der Waals surface area contributed by atoms with E-state index in [1.165, 1.54) is 18.2 Å². The van der Waals surface area contributed by atoms with E-state index in [9.17, 15) is 9.18 Å². The molecular weight excluding hydrogens is 281 g/mol. The molecule has 0 aliphatic carbocycles. The monoisotopic (exact) mass is 299 g/mol. The van der Waals surface area contributed by atoms with Crippen molar-refractivity contribution in [2.75, 3.05) is 7.11 Å². The zero-order valence-electron chi connectivity index (χ0n) is 12.5. The van der Waals surface area contributed by atoms with E-state index in [-0.39, 0.29) is 17.8 Å². The van der Waals surface area contributed by atoms with Crippen LogP contribution in [0, 0.1) is 5.82 Å². The van der Waals surface area contributed by atoms with Crippen LogP contribution in [0.2, 0.25) is 0 Å². The Morgan fingerprint density at radius 2 is 1.86 bits per heavy atom. The average molecular weight is 299 g/mol. The molecule has 0 unspecified atom stereocenters. The molecule has 0 heterocycles. The minimum absolute atomic E-state index is 0.199. The van der Waals surface area contributed by atoms with Crippen LogP contribution in [0.1, 0.15) is 24.1 Å². The highest BCUT2D eigenvalue weighted by Gasteiger charge is 2.07. The van der Waals surface area contributed by atoms with E-state index in [0.717, 1.165) is 11.1 Å². The van der Waals surface area contributed by atoms with Gasteiger partial charge in [0.1, 0.15) is 11.6 Å². The summed E-state index contributed by atoms with van der Waals surface area (Å²) in [5.74, 6) is 0.194. The van der Waals surface area contributed by atoms with Gasteiger partial charge in [-0.15, -0.1) is 0 Å². The molecule has 1 N–H and O–H groups in total. The lowest BCUT2D eigenvalue weighted by atomic mass is 10.1. The van der Waals surface area contributed by atoms with Gasteiger partial charge in [0.15, 0.2) is 0 Å². The molecule has 0 fully saturated rings. The third-order valence-electron chi connectivity index (χ3n) is 3.28. The minimum Gasteiger partial charge on any atom is -0.496 e. The van der Waals surface area contributed by atoms with E-state index < -0.39 is 0 Å². The second kappa shape index (κ2) is 7.41. The molecule has 22 heavy (non-hydrogen) atoms. The van der Waals surface area contributed by atoms with Crippen molar-refractivity contribution in [1.29, 1.82) is 0 Å². The largest absolute Gasteiger partial charge is 0.496 e. The number of hydrogen-bond donors (Lipinski definition) is 1. The Balaban J connectivity index is 2.00. The second-order valence-corrected chi connectivity index (χ2v) is 4.86. The summed E-state index contributed by atoms with van der Waals surface area (Å²) < 4.78 is 18.1. The van der Waals surface area contributed by atoms with Crippen molar-refractivity contribution in [1.82, 2.24) is 5.32 Å². The van der Waals surface area contributed by atoms with Gasteiger partial charge in [0, 0.05) is 11.6 Å². The minimum atomic E-state index is -0.293. The first-order valence-corrected chi connectivity index (χ1v) is 6.97. The molecule has 4 heteroatoms. The maximum absolute atomic E-state index is 12.9. The van der Waals surface area contributed by atoms with Crippen LogP contribution in [0.4, 0.5) is 4.39 Å². The van der Waals surface area contributed by atoms with Crippen LogP contribution >= 0.6 is 0 Å². The number of benzene rings is 2. The first kappa shape index (κ1) is 15.8. The summed E-state index contributed by atoms with van der Waals surface area (Å²) in [4.78, 5) is 12.0. The number of carbonyl (C=O) groups is 1. The van der Waals surface area contributed by atoms with Gasteiger partial charge in [-0.25, -0.2) is 4.39 Å². The summed E-state index contributed by atoms with van der Waals surface area (Å²) in [5, 5.41) is 2.83. The van der Waals surface area contributed by atoms with Crippen molar-refractivity contribution >= 4 is 12.0 Å². The van der Waals surface area contributed by atoms with Gasteiger partial charge < -0.3 is 10.1 Å². The van der Waals surface area contributed by atoms with Crippen molar-refractivity contribution in [3.05, 3.63) is 71.6 Å². The molecule has 0 spiro atoms. The molecule has 1 amide bonds. The number of rotatable bonds is 5. The number of methoxy groups -OCH3 is 1. The number of carbonyl (C=O) groups excluding carboxylic acids is 1. The molecular formula is C18H18FNO2. The van der Waals surface area contributed by atoms with Crippen molar-refractivity contribution in [3.8, 4) is 5.75 Å². The second-order valence-electron chi connectivity index (χ2n) is 4.86. The molecule has 0 aliphatic rings. The Bertz CT molecular complexity index is 665. The van der Waals surface area contributed by atoms with E-state index in [1.807, 2.05) is 31.2 Å². The van der Waals surface area contributed by atoms with E-state index in [2.05, 4.69) is 5.32 Å². The Morgan fingerprint density at radius 1 is 1.18 bits per heavy atom. The lowest BCUT2D eigenvalue weighted by Crippen LogP contribution is -2.24. The van der Waals surface area contributed by atoms with Crippen LogP contribution in [0.5, 0.6) is 5.75 Å². The number of para-hydroxylation sites is 1. The zero-order chi connectivity index (χ0) is 15.9. The molecule has 0 radical (unpaired) electrons. The van der Waals surface area contributed by atoms with Crippen LogP contribution in [-0.4, -0.2) is 13.0 Å². The van der Waals surface area contributed by atoms with Crippen molar-refractivity contribution in [2.24, 2.45) is 0 Å². The fourth-order valence-electron chi connectivity index (χ4n) is 2.07. The SMILES string of the molecule is COc1ccccc1/C=C/C(=O)N[C@H](C)c1ccc(F)cc1. The predicted molar refractivity (Wildman–Crippen MR) is 85.0 cm³/mol. The van der Waals surface area contributed by atoms with Gasteiger partial charge in [-0.2, -0.15) is 0 Å². The predicted octanol–water partition coefficient (Wildman–Crippen LogP) is 3.72. The fourth-order valence-corrected chi connectivity index (χ4v) is 2.07. The van der Waals surface area contributed by atoms with E-state index in [1.54, 1.807) is 25.3 Å². The smallest absolute Gasteiger partial charge is 0.244 e. The van der Waals surface area contributed by atoms with E-state index >= 15 is 0 Å². The first-order chi connectivity index (χ1) is 10.6. The van der Waals surface area contributed by atoms with Gasteiger partial charge in [0.05, 0.1) is 13.2 Å². The lowest BCUT2D eigenvalue weighted by Gasteiger charge is -2.12. The van der Waals surface area contributed by atoms with Gasteiger partial charge in [-0.3, -0.25) is 4.79 Å². The molecule has 2 aromatic carbocycles. The maximum atomic E-state index is 12.9. The Labute approximate surface area is 129 Å². The van der Waals surface area contributed by atoms with Crippen molar-refractivity contribution in [2.45, 2.75) is 13.0 Å². The number of halogens is 1. The number of amides is 1. The zero-order valence-corrected chi connectivity index (χ0v) is 12.5. The third-order valence-corrected chi connectivity index (χ3v) is 3.28. The summed E-state index contributed by atoms with van der Waals surface area (Å²) in [6, 6.07) is 13.3. The molecule has 0 bridgehead atoms. The van der Waals surface area contributed by atoms with Crippen LogP contribution < -0.4 is 10.1 Å². The third kappa shape index (κ3) is 4.19. The summed E-state index contributed by atoms with van der Waals surface area (Å²) in [6.07, 6.45) is 3.16. The van der Waals surface area contributed by atoms with E-state index in [0.29, 0.717) is 5.75 Å². The molecule has 2 aromatic rings. The number of ether oxygens (including phenoxy) is 1. The quantitative estimate of drug-likeness (QED) is 0.854. The van der Waals surface area contributed by atoms with Crippen LogP contribution in [0.25, 0.3) is 6.08 Å². The average Bonchev–Trinajstić information content (AvgIpc) is 2.53. The topological polar surface area (TPSA) is 38.3 Å². The molecule has 3 nitrogen and oxygen atoms in total. The van der Waals surface area contributed by atoms with Gasteiger partial charge in [0.2, 0.25) is 5.91 Å². The molecule has 0 aromatic heterocycles. The molecule has 2 rings (SSSR count). The summed E-state index contributed by atoms with van der Waals surface area (Å²) in [6.45, 7) is 1.85. The highest BCUT2D eigenvalue weighted by molar-refractivity contribution is 5.92. The summed E-state index contributed by atoms with van der Waals surface area (Å²) in [5.41, 5.74) is 1.68. The maximum Gasteiger partial charge on any atom is 0.244 e. The van der Waals surface area contributed by atoms with Gasteiger partial charge in [0.25, 0.3) is 0 Å².